The molecule has 1 aromatic rings. The van der Waals surface area contributed by atoms with Crippen LogP contribution in [0.2, 0.25) is 0 Å². The van der Waals surface area contributed by atoms with Gasteiger partial charge in [-0.05, 0) is 26.8 Å². The fraction of sp³-hybridized carbons (Fsp3) is 0.583. The van der Waals surface area contributed by atoms with E-state index in [1.54, 1.807) is 6.20 Å². The second-order valence-corrected chi connectivity index (χ2v) is 4.94. The van der Waals surface area contributed by atoms with Gasteiger partial charge in [0.1, 0.15) is 17.5 Å². The summed E-state index contributed by atoms with van der Waals surface area (Å²) in [5.41, 5.74) is -0.215. The van der Waals surface area contributed by atoms with Crippen molar-refractivity contribution >= 4 is 0 Å². The van der Waals surface area contributed by atoms with Crippen LogP contribution in [-0.2, 0) is 0 Å². The van der Waals surface area contributed by atoms with E-state index in [9.17, 15) is 0 Å². The molecule has 0 spiro atoms. The minimum Gasteiger partial charge on any atom is -0.486 e. The van der Waals surface area contributed by atoms with E-state index in [0.29, 0.717) is 5.88 Å². The van der Waals surface area contributed by atoms with Crippen LogP contribution in [0.5, 0.6) is 11.6 Å². The topological polar surface area (TPSA) is 43.4 Å². The Labute approximate surface area is 96.0 Å². The molecule has 0 saturated carbocycles. The van der Waals surface area contributed by atoms with Crippen LogP contribution in [0.15, 0.2) is 18.3 Å². The Morgan fingerprint density at radius 3 is 2.50 bits per heavy atom. The third-order valence-corrected chi connectivity index (χ3v) is 2.17. The predicted octanol–water partition coefficient (Wildman–Crippen LogP) is 1.61. The first-order valence-corrected chi connectivity index (χ1v) is 5.55. The molecule has 1 N–H and O–H groups in total. The van der Waals surface area contributed by atoms with Crippen molar-refractivity contribution in [2.45, 2.75) is 32.5 Å². The Bertz CT molecular complexity index is 339. The van der Waals surface area contributed by atoms with Gasteiger partial charge in [-0.2, -0.15) is 0 Å². The molecule has 0 unspecified atom stereocenters. The van der Waals surface area contributed by atoms with Gasteiger partial charge in [-0.25, -0.2) is 4.98 Å². The van der Waals surface area contributed by atoms with Crippen molar-refractivity contribution in [1.29, 1.82) is 0 Å². The Morgan fingerprint density at radius 1 is 1.31 bits per heavy atom. The fourth-order valence-corrected chi connectivity index (χ4v) is 1.35. The third-order valence-electron chi connectivity index (χ3n) is 2.17. The van der Waals surface area contributed by atoms with Gasteiger partial charge in [0.2, 0.25) is 5.88 Å². The summed E-state index contributed by atoms with van der Waals surface area (Å²) >= 11 is 0. The second kappa shape index (κ2) is 4.29. The van der Waals surface area contributed by atoms with Crippen LogP contribution in [0.3, 0.4) is 0 Å². The molecule has 0 amide bonds. The number of hydrogen-bond acceptors (Lipinski definition) is 4. The van der Waals surface area contributed by atoms with E-state index in [1.807, 2.05) is 32.9 Å². The SMILES string of the molecule is CC(C)(C)Oc1ccc(OC2CNC2)cn1. The highest BCUT2D eigenvalue weighted by Crippen LogP contribution is 2.19. The molecule has 88 valence electrons. The van der Waals surface area contributed by atoms with Gasteiger partial charge in [0.05, 0.1) is 6.20 Å². The van der Waals surface area contributed by atoms with Crippen LogP contribution >= 0.6 is 0 Å². The average molecular weight is 222 g/mol. The van der Waals surface area contributed by atoms with Gasteiger partial charge in [0.15, 0.2) is 0 Å². The molecule has 0 aromatic carbocycles. The zero-order valence-corrected chi connectivity index (χ0v) is 9.99. The monoisotopic (exact) mass is 222 g/mol. The maximum Gasteiger partial charge on any atom is 0.213 e. The second-order valence-electron chi connectivity index (χ2n) is 4.94. The normalized spacial score (nSPS) is 16.7. The Balaban J connectivity index is 1.93. The van der Waals surface area contributed by atoms with Crippen molar-refractivity contribution in [3.63, 3.8) is 0 Å². The van der Waals surface area contributed by atoms with Crippen molar-refractivity contribution in [3.8, 4) is 11.6 Å². The van der Waals surface area contributed by atoms with Crippen LogP contribution in [0.4, 0.5) is 0 Å². The van der Waals surface area contributed by atoms with Gasteiger partial charge < -0.3 is 14.8 Å². The lowest BCUT2D eigenvalue weighted by atomic mass is 10.2. The van der Waals surface area contributed by atoms with E-state index in [4.69, 9.17) is 9.47 Å². The zero-order chi connectivity index (χ0) is 11.6. The molecule has 0 aliphatic carbocycles. The van der Waals surface area contributed by atoms with Gasteiger partial charge in [-0.1, -0.05) is 0 Å². The number of aromatic nitrogens is 1. The minimum absolute atomic E-state index is 0.215. The molecule has 0 atom stereocenters. The first kappa shape index (κ1) is 11.2. The molecule has 1 aliphatic heterocycles. The molecule has 0 radical (unpaired) electrons. The van der Waals surface area contributed by atoms with Crippen molar-refractivity contribution in [2.75, 3.05) is 13.1 Å². The molecule has 1 aliphatic rings. The van der Waals surface area contributed by atoms with Gasteiger partial charge in [0, 0.05) is 19.2 Å². The highest BCUT2D eigenvalue weighted by Gasteiger charge is 2.18. The lowest BCUT2D eigenvalue weighted by Crippen LogP contribution is -2.50. The van der Waals surface area contributed by atoms with Crippen molar-refractivity contribution < 1.29 is 9.47 Å². The number of nitrogens with zero attached hydrogens (tertiary/aromatic N) is 1. The summed E-state index contributed by atoms with van der Waals surface area (Å²) in [6.45, 7) is 7.83. The van der Waals surface area contributed by atoms with E-state index >= 15 is 0 Å². The molecule has 0 bridgehead atoms. The smallest absolute Gasteiger partial charge is 0.213 e. The molecule has 2 heterocycles. The first-order valence-electron chi connectivity index (χ1n) is 5.55. The van der Waals surface area contributed by atoms with Crippen LogP contribution in [0.25, 0.3) is 0 Å². The maximum atomic E-state index is 5.65. The molecule has 16 heavy (non-hydrogen) atoms. The average Bonchev–Trinajstić information content (AvgIpc) is 2.11. The Kier molecular flexibility index (Phi) is 3.01. The summed E-state index contributed by atoms with van der Waals surface area (Å²) in [4.78, 5) is 4.21. The van der Waals surface area contributed by atoms with E-state index in [-0.39, 0.29) is 11.7 Å². The molecular weight excluding hydrogens is 204 g/mol. The number of ether oxygens (including phenoxy) is 2. The number of nitrogens with one attached hydrogen (secondary N) is 1. The van der Waals surface area contributed by atoms with Crippen molar-refractivity contribution in [3.05, 3.63) is 18.3 Å². The summed E-state index contributed by atoms with van der Waals surface area (Å²) < 4.78 is 11.3. The van der Waals surface area contributed by atoms with Crippen LogP contribution in [-0.4, -0.2) is 29.8 Å². The summed E-state index contributed by atoms with van der Waals surface area (Å²) in [5, 5.41) is 3.15. The third kappa shape index (κ3) is 3.10. The summed E-state index contributed by atoms with van der Waals surface area (Å²) in [7, 11) is 0. The van der Waals surface area contributed by atoms with Crippen molar-refractivity contribution in [2.24, 2.45) is 0 Å². The highest BCUT2D eigenvalue weighted by molar-refractivity contribution is 5.23. The molecular formula is C12H18N2O2. The van der Waals surface area contributed by atoms with E-state index in [1.165, 1.54) is 0 Å². The maximum absolute atomic E-state index is 5.65. The minimum atomic E-state index is -0.215. The quantitative estimate of drug-likeness (QED) is 0.843. The molecule has 4 nitrogen and oxygen atoms in total. The Morgan fingerprint density at radius 2 is 2.06 bits per heavy atom. The largest absolute Gasteiger partial charge is 0.486 e. The summed E-state index contributed by atoms with van der Waals surface area (Å²) in [6, 6.07) is 3.74. The van der Waals surface area contributed by atoms with Crippen LogP contribution in [0, 0.1) is 0 Å². The molecule has 2 rings (SSSR count). The standard InChI is InChI=1S/C12H18N2O2/c1-12(2,3)16-11-5-4-9(8-14-11)15-10-6-13-7-10/h4-5,8,10,13H,6-7H2,1-3H3. The summed E-state index contributed by atoms with van der Waals surface area (Å²) in [6.07, 6.45) is 2.00. The van der Waals surface area contributed by atoms with Crippen molar-refractivity contribution in [1.82, 2.24) is 10.3 Å². The van der Waals surface area contributed by atoms with Gasteiger partial charge >= 0.3 is 0 Å². The molecule has 1 saturated heterocycles. The van der Waals surface area contributed by atoms with Gasteiger partial charge in [-0.15, -0.1) is 0 Å². The summed E-state index contributed by atoms with van der Waals surface area (Å²) in [5.74, 6) is 1.43. The van der Waals surface area contributed by atoms with Gasteiger partial charge in [0.25, 0.3) is 0 Å². The lowest BCUT2D eigenvalue weighted by Gasteiger charge is -2.27. The number of pyridine rings is 1. The fourth-order valence-electron chi connectivity index (χ4n) is 1.35. The first-order chi connectivity index (χ1) is 7.53. The molecule has 4 heteroatoms. The van der Waals surface area contributed by atoms with Crippen LogP contribution < -0.4 is 14.8 Å². The molecule has 1 aromatic heterocycles. The van der Waals surface area contributed by atoms with Gasteiger partial charge in [-0.3, -0.25) is 0 Å². The number of rotatable bonds is 3. The number of hydrogen-bond donors (Lipinski definition) is 1. The lowest BCUT2D eigenvalue weighted by molar-refractivity contribution is 0.122. The predicted molar refractivity (Wildman–Crippen MR) is 61.9 cm³/mol. The van der Waals surface area contributed by atoms with E-state index in [2.05, 4.69) is 10.3 Å². The van der Waals surface area contributed by atoms with E-state index < -0.39 is 0 Å². The zero-order valence-electron chi connectivity index (χ0n) is 9.99. The molecule has 1 fully saturated rings. The van der Waals surface area contributed by atoms with Crippen LogP contribution in [0.1, 0.15) is 20.8 Å². The Hall–Kier alpha value is -1.29. The van der Waals surface area contributed by atoms with E-state index in [0.717, 1.165) is 18.8 Å². The highest BCUT2D eigenvalue weighted by atomic mass is 16.5.